The van der Waals surface area contributed by atoms with Gasteiger partial charge in [0.25, 0.3) is 5.91 Å². The normalized spacial score (nSPS) is 15.0. The standard InChI is InChI=1S/C23H35N5O5S/c1-23(2,3)18-13-19(27-26-18)25-21(30)17-15-34-22(24-17)16-5-7-28(8-6-16)20(29)14-33-12-11-32-10-9-31-4/h13,15-16H,5-12,14H2,1-4H3,(H2,25,26,27,30). The van der Waals surface area contributed by atoms with Crippen molar-refractivity contribution in [2.45, 2.75) is 44.9 Å². The largest absolute Gasteiger partial charge is 0.382 e. The lowest BCUT2D eigenvalue weighted by molar-refractivity contribution is -0.137. The van der Waals surface area contributed by atoms with Gasteiger partial charge in [0, 0.05) is 48.7 Å². The van der Waals surface area contributed by atoms with Gasteiger partial charge in [-0.2, -0.15) is 5.10 Å². The summed E-state index contributed by atoms with van der Waals surface area (Å²) in [5.74, 6) is 0.442. The monoisotopic (exact) mass is 493 g/mol. The van der Waals surface area contributed by atoms with Crippen molar-refractivity contribution in [2.75, 3.05) is 58.6 Å². The maximum absolute atomic E-state index is 12.6. The third-order valence-corrected chi connectivity index (χ3v) is 6.62. The Labute approximate surface area is 204 Å². The van der Waals surface area contributed by atoms with Crippen molar-refractivity contribution < 1.29 is 23.8 Å². The first kappa shape index (κ1) is 26.3. The molecule has 1 fully saturated rings. The van der Waals surface area contributed by atoms with Gasteiger partial charge in [0.15, 0.2) is 5.82 Å². The van der Waals surface area contributed by atoms with E-state index in [9.17, 15) is 9.59 Å². The zero-order valence-electron chi connectivity index (χ0n) is 20.4. The molecule has 0 bridgehead atoms. The lowest BCUT2D eigenvalue weighted by Crippen LogP contribution is -2.40. The molecule has 2 aromatic rings. The highest BCUT2D eigenvalue weighted by molar-refractivity contribution is 7.10. The first-order valence-corrected chi connectivity index (χ1v) is 12.4. The molecule has 2 N–H and O–H groups in total. The quantitative estimate of drug-likeness (QED) is 0.462. The minimum atomic E-state index is -0.273. The number of aromatic amines is 1. The van der Waals surface area contributed by atoms with Gasteiger partial charge in [0.2, 0.25) is 5.91 Å². The summed E-state index contributed by atoms with van der Waals surface area (Å²) in [4.78, 5) is 31.4. The van der Waals surface area contributed by atoms with Crippen molar-refractivity contribution in [1.82, 2.24) is 20.1 Å². The van der Waals surface area contributed by atoms with Gasteiger partial charge in [0.1, 0.15) is 12.3 Å². The number of piperidine rings is 1. The Bertz CT molecular complexity index is 930. The minimum absolute atomic E-state index is 0.0109. The average Bonchev–Trinajstić information content (AvgIpc) is 3.48. The van der Waals surface area contributed by atoms with Gasteiger partial charge in [-0.1, -0.05) is 20.8 Å². The number of thiazole rings is 1. The molecule has 0 aliphatic carbocycles. The molecule has 0 spiro atoms. The van der Waals surface area contributed by atoms with Crippen LogP contribution in [-0.4, -0.2) is 85.1 Å². The molecule has 1 aliphatic heterocycles. The number of hydrogen-bond donors (Lipinski definition) is 2. The fraction of sp³-hybridized carbons (Fsp3) is 0.652. The molecule has 11 heteroatoms. The molecule has 3 heterocycles. The van der Waals surface area contributed by atoms with Crippen LogP contribution in [0.2, 0.25) is 0 Å². The number of aromatic nitrogens is 3. The van der Waals surface area contributed by atoms with Crippen molar-refractivity contribution in [2.24, 2.45) is 0 Å². The summed E-state index contributed by atoms with van der Waals surface area (Å²) in [6.07, 6.45) is 1.63. The second-order valence-electron chi connectivity index (χ2n) is 9.25. The van der Waals surface area contributed by atoms with Gasteiger partial charge in [-0.3, -0.25) is 14.7 Å². The van der Waals surface area contributed by atoms with Crippen LogP contribution in [0.3, 0.4) is 0 Å². The predicted octanol–water partition coefficient (Wildman–Crippen LogP) is 2.80. The van der Waals surface area contributed by atoms with Gasteiger partial charge in [0.05, 0.1) is 31.4 Å². The molecule has 34 heavy (non-hydrogen) atoms. The lowest BCUT2D eigenvalue weighted by Gasteiger charge is -2.31. The molecule has 0 aromatic carbocycles. The van der Waals surface area contributed by atoms with Crippen LogP contribution < -0.4 is 5.32 Å². The van der Waals surface area contributed by atoms with E-state index in [4.69, 9.17) is 14.2 Å². The molecular weight excluding hydrogens is 458 g/mol. The number of methoxy groups -OCH3 is 1. The number of likely N-dealkylation sites (tertiary alicyclic amines) is 1. The van der Waals surface area contributed by atoms with Crippen molar-refractivity contribution in [1.29, 1.82) is 0 Å². The Morgan fingerprint density at radius 2 is 1.88 bits per heavy atom. The molecule has 188 valence electrons. The number of nitrogens with one attached hydrogen (secondary N) is 2. The van der Waals surface area contributed by atoms with Gasteiger partial charge in [-0.15, -0.1) is 11.3 Å². The summed E-state index contributed by atoms with van der Waals surface area (Å²) < 4.78 is 15.6. The summed E-state index contributed by atoms with van der Waals surface area (Å²) in [5.41, 5.74) is 1.26. The van der Waals surface area contributed by atoms with Crippen LogP contribution in [0.5, 0.6) is 0 Å². The van der Waals surface area contributed by atoms with Crippen LogP contribution in [0.25, 0.3) is 0 Å². The smallest absolute Gasteiger partial charge is 0.276 e. The summed E-state index contributed by atoms with van der Waals surface area (Å²) in [6, 6.07) is 1.84. The Kier molecular flexibility index (Phi) is 9.57. The molecule has 0 radical (unpaired) electrons. The van der Waals surface area contributed by atoms with Crippen molar-refractivity contribution in [3.05, 3.63) is 27.8 Å². The Morgan fingerprint density at radius 3 is 2.56 bits per heavy atom. The fourth-order valence-electron chi connectivity index (χ4n) is 3.52. The fourth-order valence-corrected chi connectivity index (χ4v) is 4.49. The number of H-pyrrole nitrogens is 1. The van der Waals surface area contributed by atoms with Crippen LogP contribution in [0.15, 0.2) is 11.4 Å². The maximum atomic E-state index is 12.6. The zero-order chi connectivity index (χ0) is 24.6. The van der Waals surface area contributed by atoms with Gasteiger partial charge < -0.3 is 24.4 Å². The van der Waals surface area contributed by atoms with Gasteiger partial charge >= 0.3 is 0 Å². The number of nitrogens with zero attached hydrogens (tertiary/aromatic N) is 3. The van der Waals surface area contributed by atoms with E-state index in [1.165, 1.54) is 11.3 Å². The van der Waals surface area contributed by atoms with Crippen LogP contribution >= 0.6 is 11.3 Å². The molecule has 1 saturated heterocycles. The topological polar surface area (TPSA) is 119 Å². The summed E-state index contributed by atoms with van der Waals surface area (Å²) in [6.45, 7) is 9.47. The van der Waals surface area contributed by atoms with E-state index < -0.39 is 0 Å². The van der Waals surface area contributed by atoms with E-state index in [-0.39, 0.29) is 29.8 Å². The molecular formula is C23H35N5O5S. The number of carbonyl (C=O) groups excluding carboxylic acids is 2. The molecule has 1 aliphatic rings. The number of ether oxygens (including phenoxy) is 3. The van der Waals surface area contributed by atoms with E-state index >= 15 is 0 Å². The summed E-state index contributed by atoms with van der Waals surface area (Å²) in [5, 5.41) is 12.7. The van der Waals surface area contributed by atoms with Crippen molar-refractivity contribution in [3.8, 4) is 0 Å². The first-order chi connectivity index (χ1) is 16.3. The molecule has 3 rings (SSSR count). The molecule has 10 nitrogen and oxygen atoms in total. The minimum Gasteiger partial charge on any atom is -0.382 e. The second kappa shape index (κ2) is 12.4. The number of amides is 2. The van der Waals surface area contributed by atoms with E-state index in [2.05, 4.69) is 41.3 Å². The SMILES string of the molecule is COCCOCCOCC(=O)N1CCC(c2nc(C(=O)Nc3cc(C(C)(C)C)[nH]n3)cs2)CC1. The zero-order valence-corrected chi connectivity index (χ0v) is 21.2. The second-order valence-corrected chi connectivity index (χ2v) is 10.1. The Balaban J connectivity index is 1.40. The molecule has 0 saturated carbocycles. The molecule has 2 aromatic heterocycles. The Morgan fingerprint density at radius 1 is 1.18 bits per heavy atom. The number of rotatable bonds is 11. The highest BCUT2D eigenvalue weighted by atomic mass is 32.1. The molecule has 2 amide bonds. The van der Waals surface area contributed by atoms with Crippen LogP contribution in [0.1, 0.15) is 60.7 Å². The van der Waals surface area contributed by atoms with Crippen LogP contribution in [0, 0.1) is 0 Å². The van der Waals surface area contributed by atoms with E-state index in [0.717, 1.165) is 23.5 Å². The lowest BCUT2D eigenvalue weighted by atomic mass is 9.92. The average molecular weight is 494 g/mol. The third-order valence-electron chi connectivity index (χ3n) is 5.61. The van der Waals surface area contributed by atoms with Gasteiger partial charge in [-0.25, -0.2) is 4.98 Å². The predicted molar refractivity (Wildman–Crippen MR) is 129 cm³/mol. The van der Waals surface area contributed by atoms with E-state index in [0.29, 0.717) is 51.0 Å². The first-order valence-electron chi connectivity index (χ1n) is 11.5. The Hall–Kier alpha value is -2.34. The summed E-state index contributed by atoms with van der Waals surface area (Å²) >= 11 is 1.49. The highest BCUT2D eigenvalue weighted by Crippen LogP contribution is 2.30. The molecule has 0 unspecified atom stereocenters. The molecule has 0 atom stereocenters. The van der Waals surface area contributed by atoms with Crippen molar-refractivity contribution >= 4 is 29.0 Å². The van der Waals surface area contributed by atoms with E-state index in [1.54, 1.807) is 12.5 Å². The third kappa shape index (κ3) is 7.59. The summed E-state index contributed by atoms with van der Waals surface area (Å²) in [7, 11) is 1.62. The number of anilines is 1. The number of hydrogen-bond acceptors (Lipinski definition) is 8. The van der Waals surface area contributed by atoms with Crippen LogP contribution in [0.4, 0.5) is 5.82 Å². The van der Waals surface area contributed by atoms with Crippen LogP contribution in [-0.2, 0) is 24.4 Å². The number of carbonyl (C=O) groups is 2. The van der Waals surface area contributed by atoms with E-state index in [1.807, 2.05) is 11.0 Å². The van der Waals surface area contributed by atoms with Crippen molar-refractivity contribution in [3.63, 3.8) is 0 Å². The maximum Gasteiger partial charge on any atom is 0.276 e. The highest BCUT2D eigenvalue weighted by Gasteiger charge is 2.26. The van der Waals surface area contributed by atoms with Gasteiger partial charge in [-0.05, 0) is 12.8 Å².